The summed E-state index contributed by atoms with van der Waals surface area (Å²) in [7, 11) is 0. The summed E-state index contributed by atoms with van der Waals surface area (Å²) in [5.74, 6) is 0.890. The van der Waals surface area contributed by atoms with Crippen molar-refractivity contribution in [1.82, 2.24) is 15.0 Å². The summed E-state index contributed by atoms with van der Waals surface area (Å²) in [4.78, 5) is 10.6. The summed E-state index contributed by atoms with van der Waals surface area (Å²) in [6, 6.07) is 10.5. The van der Waals surface area contributed by atoms with Gasteiger partial charge in [0.05, 0.1) is 0 Å². The van der Waals surface area contributed by atoms with Crippen molar-refractivity contribution in [3.05, 3.63) is 60.3 Å². The van der Waals surface area contributed by atoms with Gasteiger partial charge in [-0.2, -0.15) is 0 Å². The number of rotatable bonds is 3. The van der Waals surface area contributed by atoms with Crippen molar-refractivity contribution in [2.45, 2.75) is 6.42 Å². The van der Waals surface area contributed by atoms with Crippen molar-refractivity contribution < 1.29 is 0 Å². The fourth-order valence-corrected chi connectivity index (χ4v) is 1.91. The van der Waals surface area contributed by atoms with Gasteiger partial charge in [-0.15, -0.1) is 0 Å². The predicted octanol–water partition coefficient (Wildman–Crippen LogP) is 3.15. The first kappa shape index (κ1) is 9.90. The lowest BCUT2D eigenvalue weighted by molar-refractivity contribution is 1.17. The molecule has 0 unspecified atom stereocenters. The Balaban J connectivity index is 1.77. The molecule has 84 valence electrons. The van der Waals surface area contributed by atoms with Crippen LogP contribution in [-0.4, -0.2) is 15.0 Å². The van der Waals surface area contributed by atoms with E-state index < -0.39 is 0 Å². The molecule has 1 aromatic carbocycles. The largest absolute Gasteiger partial charge is 0.358 e. The first-order chi connectivity index (χ1) is 8.42. The average molecular weight is 223 g/mol. The Kier molecular flexibility index (Phi) is 2.50. The highest BCUT2D eigenvalue weighted by molar-refractivity contribution is 5.80. The van der Waals surface area contributed by atoms with Gasteiger partial charge in [-0.3, -0.25) is 0 Å². The first-order valence-electron chi connectivity index (χ1n) is 5.64. The second-order valence-electron chi connectivity index (χ2n) is 3.96. The highest BCUT2D eigenvalue weighted by Gasteiger charge is 1.97. The number of aromatic nitrogens is 3. The van der Waals surface area contributed by atoms with Crippen LogP contribution in [0.2, 0.25) is 0 Å². The van der Waals surface area contributed by atoms with Crippen LogP contribution < -0.4 is 0 Å². The maximum Gasteiger partial charge on any atom is 0.129 e. The van der Waals surface area contributed by atoms with Crippen LogP contribution >= 0.6 is 0 Å². The molecule has 2 heterocycles. The van der Waals surface area contributed by atoms with Gasteiger partial charge >= 0.3 is 0 Å². The van der Waals surface area contributed by atoms with E-state index in [4.69, 9.17) is 0 Å². The quantitative estimate of drug-likeness (QED) is 0.704. The van der Waals surface area contributed by atoms with Crippen molar-refractivity contribution in [3.63, 3.8) is 0 Å². The van der Waals surface area contributed by atoms with Crippen LogP contribution in [0.1, 0.15) is 11.5 Å². The Morgan fingerprint density at radius 2 is 2.18 bits per heavy atom. The van der Waals surface area contributed by atoms with E-state index >= 15 is 0 Å². The lowest BCUT2D eigenvalue weighted by atomic mass is 10.2. The predicted molar refractivity (Wildman–Crippen MR) is 69.6 cm³/mol. The second-order valence-corrected chi connectivity index (χ2v) is 3.96. The molecule has 0 spiro atoms. The van der Waals surface area contributed by atoms with Crippen molar-refractivity contribution in [3.8, 4) is 0 Å². The number of benzene rings is 1. The van der Waals surface area contributed by atoms with Gasteiger partial charge in [-0.25, -0.2) is 4.98 Å². The number of hydrogen-bond donors (Lipinski definition) is 2. The molecule has 3 heteroatoms. The molecule has 2 N–H and O–H groups in total. The van der Waals surface area contributed by atoms with Crippen molar-refractivity contribution >= 4 is 17.0 Å². The van der Waals surface area contributed by atoms with Crippen LogP contribution in [0.25, 0.3) is 17.0 Å². The van der Waals surface area contributed by atoms with E-state index in [1.165, 1.54) is 16.6 Å². The third-order valence-electron chi connectivity index (χ3n) is 2.72. The van der Waals surface area contributed by atoms with E-state index in [1.54, 1.807) is 6.20 Å². The summed E-state index contributed by atoms with van der Waals surface area (Å²) >= 11 is 0. The second kappa shape index (κ2) is 4.29. The third-order valence-corrected chi connectivity index (χ3v) is 2.72. The zero-order valence-electron chi connectivity index (χ0n) is 9.35. The molecule has 3 aromatic rings. The molecule has 0 aliphatic heterocycles. The Morgan fingerprint density at radius 3 is 3.00 bits per heavy atom. The van der Waals surface area contributed by atoms with Crippen molar-refractivity contribution in [2.24, 2.45) is 0 Å². The molecule has 0 aliphatic carbocycles. The fraction of sp³-hybridized carbons (Fsp3) is 0.0714. The molecule has 0 atom stereocenters. The van der Waals surface area contributed by atoms with Crippen LogP contribution in [0.5, 0.6) is 0 Å². The SMILES string of the molecule is C(=Cc1ncc[nH]1)Cc1cc2ccccc2[nH]1. The standard InChI is InChI=1S/C14H13N3/c1-2-6-13-11(4-1)10-12(17-13)5-3-7-14-15-8-9-16-14/h1-4,6-10,17H,5H2,(H,15,16). The van der Waals surface area contributed by atoms with Crippen LogP contribution in [0, 0.1) is 0 Å². The number of imidazole rings is 1. The van der Waals surface area contributed by atoms with Gasteiger partial charge < -0.3 is 9.97 Å². The normalized spacial score (nSPS) is 11.5. The molecule has 2 aromatic heterocycles. The van der Waals surface area contributed by atoms with E-state index in [2.05, 4.69) is 45.3 Å². The molecule has 3 rings (SSSR count). The minimum atomic E-state index is 0.884. The minimum Gasteiger partial charge on any atom is -0.358 e. The summed E-state index contributed by atoms with van der Waals surface area (Å²) in [5.41, 5.74) is 2.41. The van der Waals surface area contributed by atoms with Gasteiger partial charge in [0, 0.05) is 30.0 Å². The molecular weight excluding hydrogens is 210 g/mol. The summed E-state index contributed by atoms with van der Waals surface area (Å²) < 4.78 is 0. The molecule has 0 radical (unpaired) electrons. The van der Waals surface area contributed by atoms with Crippen LogP contribution in [0.3, 0.4) is 0 Å². The highest BCUT2D eigenvalue weighted by atomic mass is 14.9. The summed E-state index contributed by atoms with van der Waals surface area (Å²) in [5, 5.41) is 1.26. The van der Waals surface area contributed by atoms with E-state index in [-0.39, 0.29) is 0 Å². The first-order valence-corrected chi connectivity index (χ1v) is 5.64. The Labute approximate surface area is 99.2 Å². The molecule has 0 fully saturated rings. The smallest absolute Gasteiger partial charge is 0.129 e. The van der Waals surface area contributed by atoms with E-state index in [1.807, 2.05) is 18.3 Å². The molecular formula is C14H13N3. The number of H-pyrrole nitrogens is 2. The van der Waals surface area contributed by atoms with Crippen LogP contribution in [-0.2, 0) is 6.42 Å². The summed E-state index contributed by atoms with van der Waals surface area (Å²) in [6.45, 7) is 0. The Morgan fingerprint density at radius 1 is 1.24 bits per heavy atom. The topological polar surface area (TPSA) is 44.5 Å². The number of allylic oxidation sites excluding steroid dienone is 1. The van der Waals surface area contributed by atoms with Gasteiger partial charge in [0.1, 0.15) is 5.82 Å². The zero-order chi connectivity index (χ0) is 11.5. The fourth-order valence-electron chi connectivity index (χ4n) is 1.91. The number of aromatic amines is 2. The number of nitrogens with zero attached hydrogens (tertiary/aromatic N) is 1. The van der Waals surface area contributed by atoms with Crippen molar-refractivity contribution in [2.75, 3.05) is 0 Å². The van der Waals surface area contributed by atoms with E-state index in [0.29, 0.717) is 0 Å². The Hall–Kier alpha value is -2.29. The van der Waals surface area contributed by atoms with Gasteiger partial charge in [0.2, 0.25) is 0 Å². The monoisotopic (exact) mass is 223 g/mol. The molecule has 0 amide bonds. The lowest BCUT2D eigenvalue weighted by Crippen LogP contribution is -1.80. The number of para-hydroxylation sites is 1. The number of nitrogens with one attached hydrogen (secondary N) is 2. The molecule has 3 nitrogen and oxygen atoms in total. The van der Waals surface area contributed by atoms with Crippen LogP contribution in [0.4, 0.5) is 0 Å². The molecule has 0 bridgehead atoms. The number of hydrogen-bond acceptors (Lipinski definition) is 1. The summed E-state index contributed by atoms with van der Waals surface area (Å²) in [6.07, 6.45) is 8.55. The third kappa shape index (κ3) is 2.13. The molecule has 0 saturated heterocycles. The molecule has 0 aliphatic rings. The van der Waals surface area contributed by atoms with Gasteiger partial charge in [-0.05, 0) is 23.6 Å². The average Bonchev–Trinajstić information content (AvgIpc) is 2.96. The molecule has 0 saturated carbocycles. The molecule has 17 heavy (non-hydrogen) atoms. The Bertz CT molecular complexity index is 599. The van der Waals surface area contributed by atoms with E-state index in [9.17, 15) is 0 Å². The van der Waals surface area contributed by atoms with Crippen molar-refractivity contribution in [1.29, 1.82) is 0 Å². The lowest BCUT2D eigenvalue weighted by Gasteiger charge is -1.88. The maximum atomic E-state index is 4.14. The van der Waals surface area contributed by atoms with Gasteiger partial charge in [0.15, 0.2) is 0 Å². The van der Waals surface area contributed by atoms with E-state index in [0.717, 1.165) is 12.2 Å². The van der Waals surface area contributed by atoms with Gasteiger partial charge in [-0.1, -0.05) is 24.3 Å². The number of fused-ring (bicyclic) bond motifs is 1. The zero-order valence-corrected chi connectivity index (χ0v) is 9.35. The highest BCUT2D eigenvalue weighted by Crippen LogP contribution is 2.15. The minimum absolute atomic E-state index is 0.884. The van der Waals surface area contributed by atoms with Crippen LogP contribution in [0.15, 0.2) is 48.8 Å². The van der Waals surface area contributed by atoms with Gasteiger partial charge in [0.25, 0.3) is 0 Å². The maximum absolute atomic E-state index is 4.14.